The van der Waals surface area contributed by atoms with Crippen LogP contribution in [0.3, 0.4) is 0 Å². The van der Waals surface area contributed by atoms with Crippen LogP contribution in [-0.4, -0.2) is 41.8 Å². The fourth-order valence-corrected chi connectivity index (χ4v) is 6.07. The van der Waals surface area contributed by atoms with Crippen LogP contribution in [0.4, 0.5) is 0 Å². The van der Waals surface area contributed by atoms with Gasteiger partial charge < -0.3 is 10.5 Å². The van der Waals surface area contributed by atoms with Gasteiger partial charge in [0.15, 0.2) is 0 Å². The first kappa shape index (κ1) is 24.4. The summed E-state index contributed by atoms with van der Waals surface area (Å²) in [5.41, 5.74) is 7.18. The van der Waals surface area contributed by atoms with Crippen molar-refractivity contribution in [3.8, 4) is 5.75 Å². The van der Waals surface area contributed by atoms with Crippen molar-refractivity contribution >= 4 is 17.7 Å². The number of carbonyl (C=O) groups is 1. The molecule has 1 amide bonds. The van der Waals surface area contributed by atoms with E-state index in [-0.39, 0.29) is 11.4 Å². The van der Waals surface area contributed by atoms with E-state index in [4.69, 9.17) is 10.5 Å². The number of nitrogens with two attached hydrogens (primary N) is 1. The number of rotatable bonds is 10. The van der Waals surface area contributed by atoms with Crippen LogP contribution in [0.5, 0.6) is 5.75 Å². The van der Waals surface area contributed by atoms with E-state index in [1.54, 1.807) is 7.11 Å². The van der Waals surface area contributed by atoms with Crippen molar-refractivity contribution in [2.45, 2.75) is 47.8 Å². The lowest BCUT2D eigenvalue weighted by Gasteiger charge is -2.50. The lowest BCUT2D eigenvalue weighted by molar-refractivity contribution is -0.122. The van der Waals surface area contributed by atoms with Gasteiger partial charge in [0.25, 0.3) is 0 Å². The highest BCUT2D eigenvalue weighted by Crippen LogP contribution is 2.41. The molecule has 5 heteroatoms. The molecule has 0 spiro atoms. The molecule has 4 nitrogen and oxygen atoms in total. The van der Waals surface area contributed by atoms with Gasteiger partial charge in [-0.2, -0.15) is 0 Å². The number of nitrogens with zero attached hydrogens (tertiary/aromatic N) is 1. The van der Waals surface area contributed by atoms with Crippen molar-refractivity contribution in [1.29, 1.82) is 0 Å². The van der Waals surface area contributed by atoms with Gasteiger partial charge in [-0.15, -0.1) is 11.8 Å². The normalized spacial score (nSPS) is 15.0. The summed E-state index contributed by atoms with van der Waals surface area (Å²) in [5.74, 6) is 0.599. The molecular weight excluding hydrogens is 440 g/mol. The van der Waals surface area contributed by atoms with Gasteiger partial charge in [-0.1, -0.05) is 66.7 Å². The molecule has 2 N–H and O–H groups in total. The molecule has 1 aliphatic rings. The van der Waals surface area contributed by atoms with Crippen LogP contribution < -0.4 is 10.5 Å². The zero-order valence-electron chi connectivity index (χ0n) is 20.2. The van der Waals surface area contributed by atoms with Gasteiger partial charge in [0.05, 0.1) is 12.5 Å². The second kappa shape index (κ2) is 10.2. The monoisotopic (exact) mass is 474 g/mol. The Morgan fingerprint density at radius 1 is 0.941 bits per heavy atom. The van der Waals surface area contributed by atoms with E-state index in [0.29, 0.717) is 11.7 Å². The number of carbonyl (C=O) groups excluding carboxylic acids is 1. The van der Waals surface area contributed by atoms with Crippen molar-refractivity contribution in [2.75, 3.05) is 20.2 Å². The molecule has 0 aliphatic carbocycles. The highest BCUT2D eigenvalue weighted by molar-refractivity contribution is 8.00. The Balaban J connectivity index is 1.48. The molecular formula is C29H34N2O2S. The van der Waals surface area contributed by atoms with Crippen LogP contribution in [0.2, 0.25) is 0 Å². The van der Waals surface area contributed by atoms with Crippen molar-refractivity contribution in [3.05, 3.63) is 96.1 Å². The zero-order valence-corrected chi connectivity index (χ0v) is 21.1. The van der Waals surface area contributed by atoms with Gasteiger partial charge in [-0.05, 0) is 56.0 Å². The smallest absolute Gasteiger partial charge is 0.232 e. The SMILES string of the molecule is COc1cccc(SC2CN(C(C)(C)CCC(C(N)=O)(c3ccccc3)c3ccccc3)C2)c1. The number of benzene rings is 3. The van der Waals surface area contributed by atoms with Crippen LogP contribution in [-0.2, 0) is 10.2 Å². The molecule has 178 valence electrons. The molecule has 0 radical (unpaired) electrons. The van der Waals surface area contributed by atoms with Crippen LogP contribution in [0.25, 0.3) is 0 Å². The van der Waals surface area contributed by atoms with Crippen LogP contribution >= 0.6 is 11.8 Å². The average Bonchev–Trinajstić information content (AvgIpc) is 2.82. The maximum absolute atomic E-state index is 13.1. The maximum Gasteiger partial charge on any atom is 0.232 e. The molecule has 0 saturated carbocycles. The largest absolute Gasteiger partial charge is 0.497 e. The fraction of sp³-hybridized carbons (Fsp3) is 0.345. The van der Waals surface area contributed by atoms with Gasteiger partial charge >= 0.3 is 0 Å². The lowest BCUT2D eigenvalue weighted by Crippen LogP contribution is -2.59. The van der Waals surface area contributed by atoms with Crippen molar-refractivity contribution in [2.24, 2.45) is 5.73 Å². The van der Waals surface area contributed by atoms with E-state index in [1.807, 2.05) is 84.6 Å². The Kier molecular flexibility index (Phi) is 7.34. The molecule has 0 aromatic heterocycles. The lowest BCUT2D eigenvalue weighted by atomic mass is 9.69. The predicted molar refractivity (Wildman–Crippen MR) is 140 cm³/mol. The van der Waals surface area contributed by atoms with Gasteiger partial charge in [-0.3, -0.25) is 9.69 Å². The van der Waals surface area contributed by atoms with Crippen LogP contribution in [0.1, 0.15) is 37.8 Å². The summed E-state index contributed by atoms with van der Waals surface area (Å²) in [6.45, 7) is 6.60. The number of amides is 1. The fourth-order valence-electron chi connectivity index (χ4n) is 4.83. The van der Waals surface area contributed by atoms with E-state index >= 15 is 0 Å². The first-order chi connectivity index (χ1) is 16.3. The Morgan fingerprint density at radius 2 is 1.53 bits per heavy atom. The molecule has 1 aliphatic heterocycles. The molecule has 34 heavy (non-hydrogen) atoms. The van der Waals surface area contributed by atoms with Crippen LogP contribution in [0, 0.1) is 0 Å². The van der Waals surface area contributed by atoms with E-state index in [1.165, 1.54) is 4.90 Å². The highest BCUT2D eigenvalue weighted by Gasteiger charge is 2.44. The van der Waals surface area contributed by atoms with Gasteiger partial charge in [0.2, 0.25) is 5.91 Å². The topological polar surface area (TPSA) is 55.6 Å². The van der Waals surface area contributed by atoms with E-state index in [2.05, 4.69) is 30.9 Å². The number of thioether (sulfide) groups is 1. The average molecular weight is 475 g/mol. The minimum Gasteiger partial charge on any atom is -0.497 e. The van der Waals surface area contributed by atoms with Crippen LogP contribution in [0.15, 0.2) is 89.8 Å². The standard InChI is InChI=1S/C29H34N2O2S/c1-28(2,31-20-26(21-31)34-25-16-10-15-24(19-25)33-3)17-18-29(27(30)32,22-11-6-4-7-12-22)23-13-8-5-9-14-23/h4-16,19,26H,17-18,20-21H2,1-3H3,(H2,30,32). The molecule has 1 fully saturated rings. The third kappa shape index (κ3) is 5.01. The third-order valence-electron chi connectivity index (χ3n) is 7.11. The van der Waals surface area contributed by atoms with Crippen molar-refractivity contribution < 1.29 is 9.53 Å². The molecule has 3 aromatic rings. The minimum atomic E-state index is -0.848. The molecule has 3 aromatic carbocycles. The van der Waals surface area contributed by atoms with Gasteiger partial charge in [0, 0.05) is 28.8 Å². The van der Waals surface area contributed by atoms with Gasteiger partial charge in [0.1, 0.15) is 5.75 Å². The number of methoxy groups -OCH3 is 1. The summed E-state index contributed by atoms with van der Waals surface area (Å²) < 4.78 is 5.36. The molecule has 4 rings (SSSR count). The predicted octanol–water partition coefficient (Wildman–Crippen LogP) is 5.50. The molecule has 0 atom stereocenters. The summed E-state index contributed by atoms with van der Waals surface area (Å²) in [7, 11) is 1.70. The second-order valence-corrected chi connectivity index (χ2v) is 11.0. The quantitative estimate of drug-likeness (QED) is 0.421. The summed E-state index contributed by atoms with van der Waals surface area (Å²) in [5, 5.41) is 0.551. The Bertz CT molecular complexity index is 1060. The number of primary amides is 1. The summed E-state index contributed by atoms with van der Waals surface area (Å²) in [4.78, 5) is 16.9. The third-order valence-corrected chi connectivity index (χ3v) is 8.27. The second-order valence-electron chi connectivity index (χ2n) is 9.64. The van der Waals surface area contributed by atoms with E-state index in [0.717, 1.165) is 36.4 Å². The maximum atomic E-state index is 13.1. The molecule has 0 unspecified atom stereocenters. The van der Waals surface area contributed by atoms with Crippen molar-refractivity contribution in [3.63, 3.8) is 0 Å². The Morgan fingerprint density at radius 3 is 2.06 bits per heavy atom. The summed E-state index contributed by atoms with van der Waals surface area (Å²) in [6.07, 6.45) is 1.52. The van der Waals surface area contributed by atoms with Gasteiger partial charge in [-0.25, -0.2) is 0 Å². The molecule has 0 bridgehead atoms. The highest BCUT2D eigenvalue weighted by atomic mass is 32.2. The Labute approximate surface area is 207 Å². The number of hydrogen-bond acceptors (Lipinski definition) is 4. The molecule has 1 heterocycles. The van der Waals surface area contributed by atoms with E-state index in [9.17, 15) is 4.79 Å². The van der Waals surface area contributed by atoms with E-state index < -0.39 is 5.41 Å². The van der Waals surface area contributed by atoms with Crippen molar-refractivity contribution in [1.82, 2.24) is 4.90 Å². The first-order valence-electron chi connectivity index (χ1n) is 11.8. The number of hydrogen-bond donors (Lipinski definition) is 1. The first-order valence-corrected chi connectivity index (χ1v) is 12.7. The minimum absolute atomic E-state index is 0.0459. The zero-order chi connectivity index (χ0) is 24.2. The number of likely N-dealkylation sites (tertiary alicyclic amines) is 1. The summed E-state index contributed by atoms with van der Waals surface area (Å²) in [6, 6.07) is 28.2. The number of ether oxygens (including phenoxy) is 1. The Hall–Kier alpha value is -2.76. The molecule has 1 saturated heterocycles. The summed E-state index contributed by atoms with van der Waals surface area (Å²) >= 11 is 1.91.